The Hall–Kier alpha value is -3.66. The van der Waals surface area contributed by atoms with E-state index in [0.717, 1.165) is 42.6 Å². The van der Waals surface area contributed by atoms with Crippen LogP contribution in [0.1, 0.15) is 65.5 Å². The van der Waals surface area contributed by atoms with Crippen molar-refractivity contribution in [2.75, 3.05) is 27.5 Å². The van der Waals surface area contributed by atoms with Crippen molar-refractivity contribution in [2.45, 2.75) is 50.6 Å². The number of methoxy groups -OCH3 is 1. The van der Waals surface area contributed by atoms with Crippen LogP contribution >= 0.6 is 0 Å². The van der Waals surface area contributed by atoms with Gasteiger partial charge >= 0.3 is 0 Å². The van der Waals surface area contributed by atoms with Gasteiger partial charge in [-0.3, -0.25) is 9.69 Å². The summed E-state index contributed by atoms with van der Waals surface area (Å²) in [6.07, 6.45) is 6.49. The molecule has 1 N–H and O–H groups in total. The van der Waals surface area contributed by atoms with Crippen molar-refractivity contribution in [1.29, 1.82) is 0 Å². The first-order valence-electron chi connectivity index (χ1n) is 12.5. The molecule has 3 aromatic rings. The second-order valence-electron chi connectivity index (χ2n) is 9.66. The molecule has 36 heavy (non-hydrogen) atoms. The SMILES string of the molecule is COc1c2c(cc3c1[C@@H](c1nnnn1-c1cccc(C(=O)NC4CCCCC4)c1)N(C)CC3)OCO2. The van der Waals surface area contributed by atoms with Gasteiger partial charge in [0.2, 0.25) is 12.5 Å². The van der Waals surface area contributed by atoms with Crippen LogP contribution in [0.3, 0.4) is 0 Å². The highest BCUT2D eigenvalue weighted by molar-refractivity contribution is 5.94. The van der Waals surface area contributed by atoms with Crippen LogP contribution < -0.4 is 19.5 Å². The van der Waals surface area contributed by atoms with E-state index in [4.69, 9.17) is 14.2 Å². The Morgan fingerprint density at radius 2 is 2.03 bits per heavy atom. The largest absolute Gasteiger partial charge is 0.492 e. The van der Waals surface area contributed by atoms with Crippen molar-refractivity contribution in [3.63, 3.8) is 0 Å². The second kappa shape index (κ2) is 9.42. The maximum Gasteiger partial charge on any atom is 0.251 e. The Kier molecular flexibility index (Phi) is 5.96. The van der Waals surface area contributed by atoms with Crippen LogP contribution in [0.4, 0.5) is 0 Å². The van der Waals surface area contributed by atoms with Crippen molar-refractivity contribution < 1.29 is 19.0 Å². The molecule has 0 bridgehead atoms. The van der Waals surface area contributed by atoms with E-state index in [0.29, 0.717) is 28.6 Å². The number of benzene rings is 2. The third-order valence-corrected chi connectivity index (χ3v) is 7.43. The minimum absolute atomic E-state index is 0.0621. The number of amides is 1. The van der Waals surface area contributed by atoms with Crippen LogP contribution in [0.5, 0.6) is 17.2 Å². The molecule has 1 fully saturated rings. The van der Waals surface area contributed by atoms with E-state index in [2.05, 4.69) is 25.7 Å². The van der Waals surface area contributed by atoms with Crippen LogP contribution in [-0.2, 0) is 6.42 Å². The van der Waals surface area contributed by atoms with E-state index in [-0.39, 0.29) is 24.8 Å². The summed E-state index contributed by atoms with van der Waals surface area (Å²) in [6, 6.07) is 9.46. The normalized spacial score (nSPS) is 19.7. The van der Waals surface area contributed by atoms with Crippen LogP contribution in [0.15, 0.2) is 30.3 Å². The number of hydrogen-bond acceptors (Lipinski definition) is 8. The summed E-state index contributed by atoms with van der Waals surface area (Å²) in [5.41, 5.74) is 3.41. The summed E-state index contributed by atoms with van der Waals surface area (Å²) in [6.45, 7) is 0.986. The highest BCUT2D eigenvalue weighted by atomic mass is 16.7. The third kappa shape index (κ3) is 3.95. The molecule has 2 aliphatic heterocycles. The molecule has 6 rings (SSSR count). The summed E-state index contributed by atoms with van der Waals surface area (Å²) in [5, 5.41) is 16.0. The van der Waals surface area contributed by atoms with Gasteiger partial charge in [-0.15, -0.1) is 5.10 Å². The number of carbonyl (C=O) groups excluding carboxylic acids is 1. The molecule has 1 aliphatic carbocycles. The van der Waals surface area contributed by atoms with Crippen LogP contribution in [0.2, 0.25) is 0 Å². The lowest BCUT2D eigenvalue weighted by Gasteiger charge is -2.34. The molecule has 1 saturated carbocycles. The van der Waals surface area contributed by atoms with Gasteiger partial charge in [0.05, 0.1) is 12.8 Å². The molecule has 3 heterocycles. The smallest absolute Gasteiger partial charge is 0.251 e. The van der Waals surface area contributed by atoms with E-state index in [1.807, 2.05) is 37.4 Å². The average molecular weight is 491 g/mol. The molecule has 2 aromatic carbocycles. The maximum absolute atomic E-state index is 13.0. The summed E-state index contributed by atoms with van der Waals surface area (Å²) >= 11 is 0. The van der Waals surface area contributed by atoms with E-state index in [1.54, 1.807) is 11.8 Å². The van der Waals surface area contributed by atoms with Gasteiger partial charge in [-0.2, -0.15) is 4.68 Å². The molecule has 0 saturated heterocycles. The van der Waals surface area contributed by atoms with Crippen molar-refractivity contribution in [1.82, 2.24) is 30.4 Å². The number of rotatable bonds is 5. The van der Waals surface area contributed by atoms with Crippen molar-refractivity contribution in [3.05, 3.63) is 52.8 Å². The number of nitrogens with one attached hydrogen (secondary N) is 1. The van der Waals surface area contributed by atoms with Gasteiger partial charge in [-0.05, 0) is 66.6 Å². The predicted octanol–water partition coefficient (Wildman–Crippen LogP) is 3.04. The Labute approximate surface area is 209 Å². The highest BCUT2D eigenvalue weighted by Gasteiger charge is 2.37. The lowest BCUT2D eigenvalue weighted by molar-refractivity contribution is 0.0927. The van der Waals surface area contributed by atoms with Crippen molar-refractivity contribution in [3.8, 4) is 22.9 Å². The van der Waals surface area contributed by atoms with Crippen molar-refractivity contribution >= 4 is 5.91 Å². The minimum Gasteiger partial charge on any atom is -0.492 e. The summed E-state index contributed by atoms with van der Waals surface area (Å²) < 4.78 is 18.9. The standard InChI is InChI=1S/C26H30N6O4/c1-31-12-11-16-14-20-23(36-15-35-20)24(34-2)21(16)22(31)25-28-29-30-32(25)19-10-6-7-17(13-19)26(33)27-18-8-4-3-5-9-18/h6-7,10,13-14,18,22H,3-5,8-9,11-12,15H2,1-2H3,(H,27,33)/t22-/m0/s1. The first kappa shape index (κ1) is 22.8. The number of likely N-dealkylation sites (N-methyl/N-ethyl adjacent to an activating group) is 1. The monoisotopic (exact) mass is 490 g/mol. The molecular weight excluding hydrogens is 460 g/mol. The number of hydrogen-bond donors (Lipinski definition) is 1. The first-order chi connectivity index (χ1) is 17.6. The highest BCUT2D eigenvalue weighted by Crippen LogP contribution is 2.50. The van der Waals surface area contributed by atoms with Gasteiger partial charge in [-0.1, -0.05) is 25.3 Å². The molecule has 0 radical (unpaired) electrons. The number of aromatic nitrogens is 4. The zero-order chi connectivity index (χ0) is 24.6. The molecule has 0 unspecified atom stereocenters. The Balaban J connectivity index is 1.37. The second-order valence-corrected chi connectivity index (χ2v) is 9.66. The zero-order valence-corrected chi connectivity index (χ0v) is 20.6. The molecule has 1 amide bonds. The molecule has 1 aromatic heterocycles. The van der Waals surface area contributed by atoms with Gasteiger partial charge < -0.3 is 19.5 Å². The fourth-order valence-electron chi connectivity index (χ4n) is 5.60. The van der Waals surface area contributed by atoms with Gasteiger partial charge in [0.25, 0.3) is 5.91 Å². The lowest BCUT2D eigenvalue weighted by atomic mass is 9.90. The summed E-state index contributed by atoms with van der Waals surface area (Å²) in [5.74, 6) is 2.53. The van der Waals surface area contributed by atoms with E-state index in [9.17, 15) is 4.79 Å². The molecule has 1 atom stereocenters. The van der Waals surface area contributed by atoms with Gasteiger partial charge in [-0.25, -0.2) is 0 Å². The van der Waals surface area contributed by atoms with Crippen molar-refractivity contribution in [2.24, 2.45) is 0 Å². The quantitative estimate of drug-likeness (QED) is 0.582. The van der Waals surface area contributed by atoms with Crippen LogP contribution in [-0.4, -0.2) is 64.6 Å². The topological polar surface area (TPSA) is 104 Å². The number of ether oxygens (including phenoxy) is 3. The average Bonchev–Trinajstić information content (AvgIpc) is 3.58. The number of nitrogens with zero attached hydrogens (tertiary/aromatic N) is 5. The van der Waals surface area contributed by atoms with E-state index < -0.39 is 0 Å². The molecule has 10 heteroatoms. The number of fused-ring (bicyclic) bond motifs is 2. The molecule has 0 spiro atoms. The zero-order valence-electron chi connectivity index (χ0n) is 20.6. The Bertz CT molecular complexity index is 1290. The molecule has 188 valence electrons. The minimum atomic E-state index is -0.270. The summed E-state index contributed by atoms with van der Waals surface area (Å²) in [7, 11) is 3.69. The lowest BCUT2D eigenvalue weighted by Crippen LogP contribution is -2.36. The maximum atomic E-state index is 13.0. The summed E-state index contributed by atoms with van der Waals surface area (Å²) in [4.78, 5) is 15.2. The van der Waals surface area contributed by atoms with Gasteiger partial charge in [0.15, 0.2) is 17.3 Å². The van der Waals surface area contributed by atoms with Gasteiger partial charge in [0.1, 0.15) is 6.04 Å². The van der Waals surface area contributed by atoms with E-state index >= 15 is 0 Å². The fraction of sp³-hybridized carbons (Fsp3) is 0.462. The fourth-order valence-corrected chi connectivity index (χ4v) is 5.60. The van der Waals surface area contributed by atoms with Crippen LogP contribution in [0, 0.1) is 0 Å². The molecular formula is C26H30N6O4. The first-order valence-corrected chi connectivity index (χ1v) is 12.5. The van der Waals surface area contributed by atoms with E-state index in [1.165, 1.54) is 19.3 Å². The Morgan fingerprint density at radius 1 is 1.17 bits per heavy atom. The third-order valence-electron chi connectivity index (χ3n) is 7.43. The number of carbonyl (C=O) groups is 1. The van der Waals surface area contributed by atoms with Crippen LogP contribution in [0.25, 0.3) is 5.69 Å². The molecule has 10 nitrogen and oxygen atoms in total. The Morgan fingerprint density at radius 3 is 2.86 bits per heavy atom. The molecule has 3 aliphatic rings. The predicted molar refractivity (Wildman–Crippen MR) is 131 cm³/mol. The van der Waals surface area contributed by atoms with Gasteiger partial charge in [0, 0.05) is 23.7 Å². The number of tetrazole rings is 1.